The second-order valence-corrected chi connectivity index (χ2v) is 3.59. The third-order valence-corrected chi connectivity index (χ3v) is 2.27. The van der Waals surface area contributed by atoms with Gasteiger partial charge in [0.25, 0.3) is 5.91 Å². The molecule has 1 heterocycles. The first-order valence-electron chi connectivity index (χ1n) is 5.44. The highest BCUT2D eigenvalue weighted by atomic mass is 16.2. The number of carbonyl (C=O) groups is 2. The van der Waals surface area contributed by atoms with Gasteiger partial charge in [-0.25, -0.2) is 0 Å². The number of anilines is 1. The van der Waals surface area contributed by atoms with Crippen molar-refractivity contribution in [2.75, 3.05) is 12.3 Å². The molecule has 0 spiro atoms. The number of nitrogens with zero attached hydrogens (tertiary/aromatic N) is 2. The Kier molecular flexibility index (Phi) is 4.50. The monoisotopic (exact) mass is 239 g/mol. The van der Waals surface area contributed by atoms with Gasteiger partial charge in [-0.15, -0.1) is 0 Å². The maximum Gasteiger partial charge on any atom is 0.271 e. The zero-order chi connectivity index (χ0) is 12.8. The number of hydrogen-bond donors (Lipinski definition) is 3. The molecule has 2 amide bonds. The van der Waals surface area contributed by atoms with Crippen molar-refractivity contribution >= 4 is 17.5 Å². The van der Waals surface area contributed by atoms with Crippen LogP contribution in [0.2, 0.25) is 0 Å². The van der Waals surface area contributed by atoms with E-state index in [2.05, 4.69) is 10.4 Å². The van der Waals surface area contributed by atoms with E-state index >= 15 is 0 Å². The lowest BCUT2D eigenvalue weighted by atomic mass is 10.3. The summed E-state index contributed by atoms with van der Waals surface area (Å²) >= 11 is 0. The molecule has 0 saturated carbocycles. The predicted octanol–water partition coefficient (Wildman–Crippen LogP) is -0.519. The largest absolute Gasteiger partial charge is 0.396 e. The summed E-state index contributed by atoms with van der Waals surface area (Å²) in [5.74, 6) is -0.663. The average molecular weight is 239 g/mol. The number of aryl methyl sites for hydroxylation is 1. The molecule has 1 aromatic rings. The van der Waals surface area contributed by atoms with E-state index in [-0.39, 0.29) is 18.2 Å². The predicted molar refractivity (Wildman–Crippen MR) is 63.1 cm³/mol. The molecule has 17 heavy (non-hydrogen) atoms. The van der Waals surface area contributed by atoms with Gasteiger partial charge in [-0.3, -0.25) is 14.3 Å². The number of nitrogens with two attached hydrogens (primary N) is 2. The number of carbonyl (C=O) groups excluding carboxylic acids is 2. The van der Waals surface area contributed by atoms with Gasteiger partial charge in [0.1, 0.15) is 5.69 Å². The zero-order valence-corrected chi connectivity index (χ0v) is 9.77. The molecule has 1 aromatic heterocycles. The SMILES string of the molecule is CCn1ncc(N)c1C(=O)NCCCC(N)=O. The highest BCUT2D eigenvalue weighted by molar-refractivity contribution is 5.97. The van der Waals surface area contributed by atoms with Gasteiger partial charge in [-0.2, -0.15) is 5.10 Å². The standard InChI is InChI=1S/C10H17N5O2/c1-2-15-9(7(11)6-14-15)10(17)13-5-3-4-8(12)16/h6H,2-5,11H2,1H3,(H2,12,16)(H,13,17). The second kappa shape index (κ2) is 5.88. The van der Waals surface area contributed by atoms with Crippen LogP contribution in [0.4, 0.5) is 5.69 Å². The molecule has 0 aliphatic heterocycles. The fourth-order valence-corrected chi connectivity index (χ4v) is 1.44. The fraction of sp³-hybridized carbons (Fsp3) is 0.500. The zero-order valence-electron chi connectivity index (χ0n) is 9.77. The van der Waals surface area contributed by atoms with Crippen LogP contribution >= 0.6 is 0 Å². The first-order valence-corrected chi connectivity index (χ1v) is 5.44. The van der Waals surface area contributed by atoms with Crippen LogP contribution in [-0.2, 0) is 11.3 Å². The third kappa shape index (κ3) is 3.47. The number of rotatable bonds is 6. The van der Waals surface area contributed by atoms with Gasteiger partial charge in [-0.05, 0) is 13.3 Å². The van der Waals surface area contributed by atoms with Crippen LogP contribution in [0.15, 0.2) is 6.20 Å². The number of nitrogens with one attached hydrogen (secondary N) is 1. The molecular weight excluding hydrogens is 222 g/mol. The Bertz CT molecular complexity index is 413. The van der Waals surface area contributed by atoms with Crippen LogP contribution in [0.25, 0.3) is 0 Å². The molecule has 0 saturated heterocycles. The van der Waals surface area contributed by atoms with Gasteiger partial charge >= 0.3 is 0 Å². The number of amides is 2. The molecule has 0 unspecified atom stereocenters. The highest BCUT2D eigenvalue weighted by Crippen LogP contribution is 2.10. The van der Waals surface area contributed by atoms with Crippen molar-refractivity contribution in [2.45, 2.75) is 26.3 Å². The fourth-order valence-electron chi connectivity index (χ4n) is 1.44. The van der Waals surface area contributed by atoms with Crippen molar-refractivity contribution in [3.05, 3.63) is 11.9 Å². The lowest BCUT2D eigenvalue weighted by Gasteiger charge is -2.07. The molecule has 0 atom stereocenters. The average Bonchev–Trinajstić information content (AvgIpc) is 2.65. The van der Waals surface area contributed by atoms with Gasteiger partial charge in [0.15, 0.2) is 0 Å². The van der Waals surface area contributed by atoms with E-state index in [1.165, 1.54) is 10.9 Å². The summed E-state index contributed by atoms with van der Waals surface area (Å²) in [6.07, 6.45) is 2.21. The van der Waals surface area contributed by atoms with Gasteiger partial charge < -0.3 is 16.8 Å². The molecule has 0 aromatic carbocycles. The Morgan fingerprint density at radius 2 is 2.24 bits per heavy atom. The van der Waals surface area contributed by atoms with Crippen molar-refractivity contribution in [3.63, 3.8) is 0 Å². The number of hydrogen-bond acceptors (Lipinski definition) is 4. The van der Waals surface area contributed by atoms with Crippen LogP contribution in [0.1, 0.15) is 30.3 Å². The first kappa shape index (κ1) is 13.0. The minimum Gasteiger partial charge on any atom is -0.396 e. The summed E-state index contributed by atoms with van der Waals surface area (Å²) in [5, 5.41) is 6.64. The maximum atomic E-state index is 11.8. The van der Waals surface area contributed by atoms with Crippen molar-refractivity contribution in [1.82, 2.24) is 15.1 Å². The summed E-state index contributed by atoms with van der Waals surface area (Å²) in [7, 11) is 0. The highest BCUT2D eigenvalue weighted by Gasteiger charge is 2.15. The molecule has 0 aliphatic rings. The smallest absolute Gasteiger partial charge is 0.271 e. The summed E-state index contributed by atoms with van der Waals surface area (Å²) in [4.78, 5) is 22.3. The van der Waals surface area contributed by atoms with Gasteiger partial charge in [0.05, 0.1) is 11.9 Å². The maximum absolute atomic E-state index is 11.8. The van der Waals surface area contributed by atoms with Crippen LogP contribution < -0.4 is 16.8 Å². The molecule has 0 bridgehead atoms. The van der Waals surface area contributed by atoms with Crippen molar-refractivity contribution in [3.8, 4) is 0 Å². The van der Waals surface area contributed by atoms with E-state index < -0.39 is 0 Å². The third-order valence-electron chi connectivity index (χ3n) is 2.27. The Hall–Kier alpha value is -2.05. The lowest BCUT2D eigenvalue weighted by Crippen LogP contribution is -2.28. The summed E-state index contributed by atoms with van der Waals surface area (Å²) in [5.41, 5.74) is 11.3. The quantitative estimate of drug-likeness (QED) is 0.579. The van der Waals surface area contributed by atoms with Gasteiger partial charge in [-0.1, -0.05) is 0 Å². The number of aromatic nitrogens is 2. The first-order chi connectivity index (χ1) is 8.06. The van der Waals surface area contributed by atoms with Crippen LogP contribution in [0.3, 0.4) is 0 Å². The Morgan fingerprint density at radius 1 is 1.53 bits per heavy atom. The van der Waals surface area contributed by atoms with E-state index in [0.717, 1.165) is 0 Å². The summed E-state index contributed by atoms with van der Waals surface area (Å²) in [6.45, 7) is 2.83. The molecule has 1 rings (SSSR count). The molecule has 7 heteroatoms. The van der Waals surface area contributed by atoms with Gasteiger partial charge in [0, 0.05) is 19.5 Å². The van der Waals surface area contributed by atoms with E-state index in [1.54, 1.807) is 0 Å². The van der Waals surface area contributed by atoms with Gasteiger partial charge in [0.2, 0.25) is 5.91 Å². The van der Waals surface area contributed by atoms with E-state index in [1.807, 2.05) is 6.92 Å². The van der Waals surface area contributed by atoms with Crippen molar-refractivity contribution in [1.29, 1.82) is 0 Å². The molecule has 0 radical (unpaired) electrons. The van der Waals surface area contributed by atoms with E-state index in [9.17, 15) is 9.59 Å². The Balaban J connectivity index is 2.52. The number of nitrogen functional groups attached to an aromatic ring is 1. The van der Waals surface area contributed by atoms with Crippen LogP contribution in [-0.4, -0.2) is 28.1 Å². The minimum atomic E-state index is -0.377. The Labute approximate surface area is 99.1 Å². The Morgan fingerprint density at radius 3 is 2.82 bits per heavy atom. The minimum absolute atomic E-state index is 0.253. The molecule has 0 fully saturated rings. The normalized spacial score (nSPS) is 10.2. The van der Waals surface area contributed by atoms with Crippen LogP contribution in [0, 0.1) is 0 Å². The van der Waals surface area contributed by atoms with E-state index in [0.29, 0.717) is 30.9 Å². The summed E-state index contributed by atoms with van der Waals surface area (Å²) < 4.78 is 1.53. The molecular formula is C10H17N5O2. The number of primary amides is 1. The molecule has 94 valence electrons. The lowest BCUT2D eigenvalue weighted by molar-refractivity contribution is -0.118. The van der Waals surface area contributed by atoms with Crippen LogP contribution in [0.5, 0.6) is 0 Å². The topological polar surface area (TPSA) is 116 Å². The van der Waals surface area contributed by atoms with Crippen molar-refractivity contribution < 1.29 is 9.59 Å². The molecule has 7 nitrogen and oxygen atoms in total. The van der Waals surface area contributed by atoms with E-state index in [4.69, 9.17) is 11.5 Å². The molecule has 5 N–H and O–H groups in total. The van der Waals surface area contributed by atoms with Crippen molar-refractivity contribution in [2.24, 2.45) is 5.73 Å². The summed E-state index contributed by atoms with van der Waals surface area (Å²) in [6, 6.07) is 0. The second-order valence-electron chi connectivity index (χ2n) is 3.59. The molecule has 0 aliphatic carbocycles.